The maximum Gasteiger partial charge on any atom is 0.182 e. The van der Waals surface area contributed by atoms with E-state index in [4.69, 9.17) is 0 Å². The third-order valence-corrected chi connectivity index (χ3v) is 3.52. The summed E-state index contributed by atoms with van der Waals surface area (Å²) in [5.41, 5.74) is 0.864. The molecule has 0 aromatic heterocycles. The van der Waals surface area contributed by atoms with Crippen LogP contribution in [0.4, 0.5) is 28.9 Å². The van der Waals surface area contributed by atoms with Crippen LogP contribution in [0.15, 0.2) is 71.2 Å². The van der Waals surface area contributed by atoms with E-state index in [1.54, 1.807) is 12.1 Å². The molecule has 3 aromatic rings. The van der Waals surface area contributed by atoms with Crippen LogP contribution in [0.3, 0.4) is 0 Å². The Hall–Kier alpha value is -2.34. The SMILES string of the molecule is Fc1cccc(Br)c1F.Fc1cccc(Nc2ccccc2)c1F. The van der Waals surface area contributed by atoms with Gasteiger partial charge >= 0.3 is 0 Å². The molecule has 0 fully saturated rings. The second kappa shape index (κ2) is 8.49. The zero-order valence-electron chi connectivity index (χ0n) is 12.2. The summed E-state index contributed by atoms with van der Waals surface area (Å²) in [6.45, 7) is 0. The molecule has 0 radical (unpaired) electrons. The molecule has 0 saturated heterocycles. The predicted molar refractivity (Wildman–Crippen MR) is 90.1 cm³/mol. The van der Waals surface area contributed by atoms with Gasteiger partial charge < -0.3 is 5.32 Å². The van der Waals surface area contributed by atoms with E-state index in [0.717, 1.165) is 17.8 Å². The molecule has 1 N–H and O–H groups in total. The monoisotopic (exact) mass is 397 g/mol. The van der Waals surface area contributed by atoms with Gasteiger partial charge in [0.1, 0.15) is 0 Å². The maximum atomic E-state index is 13.2. The molecule has 24 heavy (non-hydrogen) atoms. The van der Waals surface area contributed by atoms with Crippen LogP contribution in [0.1, 0.15) is 0 Å². The molecule has 1 nitrogen and oxygen atoms in total. The van der Waals surface area contributed by atoms with Gasteiger partial charge in [0.05, 0.1) is 10.2 Å². The molecule has 0 saturated carbocycles. The molecule has 0 spiro atoms. The van der Waals surface area contributed by atoms with Gasteiger partial charge in [-0.15, -0.1) is 0 Å². The van der Waals surface area contributed by atoms with Crippen molar-refractivity contribution >= 4 is 27.3 Å². The standard InChI is InChI=1S/C12H9F2N.C6H3BrF2/c13-10-7-4-8-11(12(10)14)15-9-5-2-1-3-6-9;7-4-2-1-3-5(8)6(4)9/h1-8,15H;1-3H. The van der Waals surface area contributed by atoms with Gasteiger partial charge in [0.2, 0.25) is 0 Å². The molecule has 0 heterocycles. The molecule has 3 aromatic carbocycles. The van der Waals surface area contributed by atoms with Gasteiger partial charge in [-0.1, -0.05) is 30.3 Å². The van der Waals surface area contributed by atoms with Crippen LogP contribution in [0.2, 0.25) is 0 Å². The fourth-order valence-electron chi connectivity index (χ4n) is 1.75. The van der Waals surface area contributed by atoms with E-state index in [-0.39, 0.29) is 10.2 Å². The predicted octanol–water partition coefficient (Wildman–Crippen LogP) is 6.44. The number of halogens is 5. The van der Waals surface area contributed by atoms with Crippen molar-refractivity contribution < 1.29 is 17.6 Å². The van der Waals surface area contributed by atoms with Crippen molar-refractivity contribution in [1.29, 1.82) is 0 Å². The first-order valence-corrected chi connectivity index (χ1v) is 7.64. The quantitative estimate of drug-likeness (QED) is 0.387. The van der Waals surface area contributed by atoms with E-state index in [1.165, 1.54) is 24.3 Å². The fraction of sp³-hybridized carbons (Fsp3) is 0. The highest BCUT2D eigenvalue weighted by molar-refractivity contribution is 9.10. The molecule has 0 aliphatic heterocycles. The molecular formula is C18H12BrF4N. The van der Waals surface area contributed by atoms with Gasteiger partial charge in [-0.05, 0) is 52.3 Å². The Labute approximate surface area is 145 Å². The van der Waals surface area contributed by atoms with E-state index in [0.29, 0.717) is 0 Å². The van der Waals surface area contributed by atoms with Crippen LogP contribution >= 0.6 is 15.9 Å². The largest absolute Gasteiger partial charge is 0.353 e. The highest BCUT2D eigenvalue weighted by Gasteiger charge is 2.06. The fourth-order valence-corrected chi connectivity index (χ4v) is 2.10. The lowest BCUT2D eigenvalue weighted by atomic mass is 10.2. The van der Waals surface area contributed by atoms with Gasteiger partial charge in [0.25, 0.3) is 0 Å². The maximum absolute atomic E-state index is 13.2. The zero-order chi connectivity index (χ0) is 17.5. The summed E-state index contributed by atoms with van der Waals surface area (Å²) < 4.78 is 50.8. The number of benzene rings is 3. The van der Waals surface area contributed by atoms with Crippen LogP contribution < -0.4 is 5.32 Å². The van der Waals surface area contributed by atoms with Gasteiger partial charge in [-0.2, -0.15) is 0 Å². The molecule has 0 unspecified atom stereocenters. The van der Waals surface area contributed by atoms with Crippen molar-refractivity contribution in [3.63, 3.8) is 0 Å². The minimum atomic E-state index is -0.860. The highest BCUT2D eigenvalue weighted by atomic mass is 79.9. The molecule has 124 valence electrons. The minimum absolute atomic E-state index is 0.140. The number of anilines is 2. The first kappa shape index (κ1) is 18.0. The lowest BCUT2D eigenvalue weighted by molar-refractivity contribution is 0.504. The minimum Gasteiger partial charge on any atom is -0.353 e. The average Bonchev–Trinajstić information content (AvgIpc) is 2.58. The third-order valence-electron chi connectivity index (χ3n) is 2.91. The Bertz CT molecular complexity index is 789. The van der Waals surface area contributed by atoms with E-state index < -0.39 is 23.3 Å². The van der Waals surface area contributed by atoms with E-state index in [9.17, 15) is 17.6 Å². The zero-order valence-corrected chi connectivity index (χ0v) is 13.8. The molecule has 3 rings (SSSR count). The van der Waals surface area contributed by atoms with Crippen LogP contribution in [-0.4, -0.2) is 0 Å². The number of para-hydroxylation sites is 1. The third kappa shape index (κ3) is 4.83. The summed E-state index contributed by atoms with van der Waals surface area (Å²) in [7, 11) is 0. The lowest BCUT2D eigenvalue weighted by Crippen LogP contribution is -1.95. The Kier molecular flexibility index (Phi) is 6.37. The summed E-state index contributed by atoms with van der Waals surface area (Å²) >= 11 is 2.83. The molecule has 0 bridgehead atoms. The Morgan fingerprint density at radius 1 is 0.625 bits per heavy atom. The Balaban J connectivity index is 0.000000198. The van der Waals surface area contributed by atoms with Crippen molar-refractivity contribution in [3.8, 4) is 0 Å². The number of nitrogens with one attached hydrogen (secondary N) is 1. The molecule has 0 atom stereocenters. The van der Waals surface area contributed by atoms with Crippen LogP contribution in [0, 0.1) is 23.3 Å². The van der Waals surface area contributed by atoms with Gasteiger partial charge in [0.15, 0.2) is 23.3 Å². The molecule has 6 heteroatoms. The van der Waals surface area contributed by atoms with Crippen LogP contribution in [-0.2, 0) is 0 Å². The number of rotatable bonds is 2. The molecule has 0 aliphatic rings. The van der Waals surface area contributed by atoms with Gasteiger partial charge in [-0.25, -0.2) is 17.6 Å². The first-order chi connectivity index (χ1) is 11.5. The van der Waals surface area contributed by atoms with Crippen molar-refractivity contribution in [2.24, 2.45) is 0 Å². The Morgan fingerprint density at radius 2 is 1.21 bits per heavy atom. The molecular weight excluding hydrogens is 386 g/mol. The van der Waals surface area contributed by atoms with E-state index in [1.807, 2.05) is 18.2 Å². The molecule has 0 amide bonds. The second-order valence-corrected chi connectivity index (χ2v) is 5.48. The number of hydrogen-bond donors (Lipinski definition) is 1. The molecule has 0 aliphatic carbocycles. The van der Waals surface area contributed by atoms with Crippen molar-refractivity contribution in [3.05, 3.63) is 94.5 Å². The normalized spacial score (nSPS) is 9.88. The topological polar surface area (TPSA) is 12.0 Å². The average molecular weight is 398 g/mol. The van der Waals surface area contributed by atoms with Crippen LogP contribution in [0.5, 0.6) is 0 Å². The highest BCUT2D eigenvalue weighted by Crippen LogP contribution is 2.21. The second-order valence-electron chi connectivity index (χ2n) is 4.63. The van der Waals surface area contributed by atoms with E-state index in [2.05, 4.69) is 21.2 Å². The summed E-state index contributed by atoms with van der Waals surface area (Å²) in [4.78, 5) is 0. The smallest absolute Gasteiger partial charge is 0.182 e. The lowest BCUT2D eigenvalue weighted by Gasteiger charge is -2.07. The van der Waals surface area contributed by atoms with Gasteiger partial charge in [-0.3, -0.25) is 0 Å². The summed E-state index contributed by atoms with van der Waals surface area (Å²) in [5, 5.41) is 2.80. The van der Waals surface area contributed by atoms with Crippen molar-refractivity contribution in [1.82, 2.24) is 0 Å². The Morgan fingerprint density at radius 3 is 1.79 bits per heavy atom. The van der Waals surface area contributed by atoms with Crippen molar-refractivity contribution in [2.75, 3.05) is 5.32 Å². The summed E-state index contributed by atoms with van der Waals surface area (Å²) in [5.74, 6) is -3.38. The summed E-state index contributed by atoms with van der Waals surface area (Å²) in [6, 6.07) is 17.0. The summed E-state index contributed by atoms with van der Waals surface area (Å²) in [6.07, 6.45) is 0. The van der Waals surface area contributed by atoms with Gasteiger partial charge in [0, 0.05) is 5.69 Å². The van der Waals surface area contributed by atoms with E-state index >= 15 is 0 Å². The number of hydrogen-bond acceptors (Lipinski definition) is 1. The van der Waals surface area contributed by atoms with Crippen molar-refractivity contribution in [2.45, 2.75) is 0 Å². The first-order valence-electron chi connectivity index (χ1n) is 6.84. The van der Waals surface area contributed by atoms with Crippen LogP contribution in [0.25, 0.3) is 0 Å².